The molecule has 1 fully saturated rings. The number of hydrogen-bond donors (Lipinski definition) is 2. The Morgan fingerprint density at radius 2 is 2.18 bits per heavy atom. The molecule has 2 aliphatic heterocycles. The lowest BCUT2D eigenvalue weighted by molar-refractivity contribution is -0.174. The first kappa shape index (κ1) is 18.6. The van der Waals surface area contributed by atoms with E-state index in [-0.39, 0.29) is 11.4 Å². The molecule has 4 rings (SSSR count). The molecule has 0 aromatic carbocycles. The lowest BCUT2D eigenvalue weighted by Gasteiger charge is -2.49. The molecular weight excluding hydrogens is 375 g/mol. The number of amides is 2. The summed E-state index contributed by atoms with van der Waals surface area (Å²) in [5, 5.41) is 2.69. The van der Waals surface area contributed by atoms with Crippen molar-refractivity contribution in [3.8, 4) is 0 Å². The summed E-state index contributed by atoms with van der Waals surface area (Å²) in [6.45, 7) is 1.92. The summed E-state index contributed by atoms with van der Waals surface area (Å²) in [4.78, 5) is 33.4. The Hall–Kier alpha value is -2.78. The fourth-order valence-corrected chi connectivity index (χ4v) is 4.03. The van der Waals surface area contributed by atoms with E-state index < -0.39 is 30.5 Å². The van der Waals surface area contributed by atoms with Gasteiger partial charge < -0.3 is 19.8 Å². The molecule has 2 aromatic rings. The van der Waals surface area contributed by atoms with E-state index in [2.05, 4.69) is 15.3 Å². The van der Waals surface area contributed by atoms with Crippen LogP contribution in [0.3, 0.4) is 0 Å². The second-order valence-corrected chi connectivity index (χ2v) is 7.61. The van der Waals surface area contributed by atoms with Gasteiger partial charge >= 0.3 is 6.18 Å². The van der Waals surface area contributed by atoms with Crippen LogP contribution < -0.4 is 5.32 Å². The number of aromatic nitrogens is 3. The average Bonchev–Trinajstić information content (AvgIpc) is 3.30. The molecule has 28 heavy (non-hydrogen) atoms. The number of nitrogens with one attached hydrogen (secondary N) is 2. The maximum Gasteiger partial charge on any atom is 0.392 e. The van der Waals surface area contributed by atoms with Gasteiger partial charge in [-0.3, -0.25) is 9.59 Å². The van der Waals surface area contributed by atoms with Crippen LogP contribution in [0.5, 0.6) is 0 Å². The summed E-state index contributed by atoms with van der Waals surface area (Å²) in [6.07, 6.45) is 2.18. The summed E-state index contributed by atoms with van der Waals surface area (Å²) in [5.74, 6) is -1.83. The average molecular weight is 395 g/mol. The van der Waals surface area contributed by atoms with Crippen LogP contribution in [0.4, 0.5) is 13.2 Å². The Morgan fingerprint density at radius 1 is 1.43 bits per heavy atom. The number of likely N-dealkylation sites (tertiary alicyclic amines) is 1. The van der Waals surface area contributed by atoms with Crippen LogP contribution >= 0.6 is 0 Å². The molecule has 4 heterocycles. The van der Waals surface area contributed by atoms with Crippen molar-refractivity contribution in [1.82, 2.24) is 24.8 Å². The van der Waals surface area contributed by atoms with E-state index >= 15 is 0 Å². The maximum atomic E-state index is 12.7. The third-order valence-electron chi connectivity index (χ3n) is 5.56. The van der Waals surface area contributed by atoms with Gasteiger partial charge in [-0.2, -0.15) is 13.2 Å². The summed E-state index contributed by atoms with van der Waals surface area (Å²) >= 11 is 0. The van der Waals surface area contributed by atoms with Gasteiger partial charge in [-0.25, -0.2) is 4.98 Å². The van der Waals surface area contributed by atoms with Crippen LogP contribution in [-0.2, 0) is 10.3 Å². The highest BCUT2D eigenvalue weighted by Gasteiger charge is 2.54. The predicted octanol–water partition coefficient (Wildman–Crippen LogP) is 2.21. The number of alkyl halides is 3. The summed E-state index contributed by atoms with van der Waals surface area (Å²) < 4.78 is 40.0. The highest BCUT2D eigenvalue weighted by Crippen LogP contribution is 2.45. The van der Waals surface area contributed by atoms with Gasteiger partial charge in [0.2, 0.25) is 5.91 Å². The molecule has 2 aliphatic rings. The second kappa shape index (κ2) is 6.39. The Kier molecular flexibility index (Phi) is 4.24. The quantitative estimate of drug-likeness (QED) is 0.833. The van der Waals surface area contributed by atoms with Crippen molar-refractivity contribution in [3.05, 3.63) is 42.2 Å². The van der Waals surface area contributed by atoms with Gasteiger partial charge in [0.1, 0.15) is 5.82 Å². The molecular formula is C18H20F3N5O2. The highest BCUT2D eigenvalue weighted by molar-refractivity contribution is 5.94. The molecule has 1 spiro atoms. The van der Waals surface area contributed by atoms with Crippen LogP contribution in [0.15, 0.2) is 30.9 Å². The molecule has 1 saturated heterocycles. The van der Waals surface area contributed by atoms with Gasteiger partial charge in [0, 0.05) is 50.7 Å². The van der Waals surface area contributed by atoms with Crippen molar-refractivity contribution in [1.29, 1.82) is 0 Å². The number of carbonyl (C=O) groups is 2. The molecule has 2 unspecified atom stereocenters. The third-order valence-corrected chi connectivity index (χ3v) is 5.56. The first-order chi connectivity index (χ1) is 13.2. The first-order valence-corrected chi connectivity index (χ1v) is 9.01. The molecule has 0 radical (unpaired) electrons. The summed E-state index contributed by atoms with van der Waals surface area (Å²) in [6, 6.07) is 1.24. The summed E-state index contributed by atoms with van der Waals surface area (Å²) in [7, 11) is 0. The van der Waals surface area contributed by atoms with Gasteiger partial charge in [-0.05, 0) is 6.07 Å². The third kappa shape index (κ3) is 3.06. The first-order valence-electron chi connectivity index (χ1n) is 9.01. The second-order valence-electron chi connectivity index (χ2n) is 7.61. The monoisotopic (exact) mass is 395 g/mol. The van der Waals surface area contributed by atoms with Crippen LogP contribution in [0.2, 0.25) is 0 Å². The number of carbonyl (C=O) groups excluding carboxylic acids is 2. The van der Waals surface area contributed by atoms with Crippen molar-refractivity contribution < 1.29 is 22.8 Å². The fraction of sp³-hybridized carbons (Fsp3) is 0.500. The topological polar surface area (TPSA) is 83.0 Å². The van der Waals surface area contributed by atoms with Crippen LogP contribution in [0, 0.1) is 5.92 Å². The normalized spacial score (nSPS) is 21.3. The number of nitrogens with zero attached hydrogens (tertiary/aromatic N) is 3. The maximum absolute atomic E-state index is 12.7. The summed E-state index contributed by atoms with van der Waals surface area (Å²) in [5.41, 5.74) is 0.190. The van der Waals surface area contributed by atoms with Gasteiger partial charge in [0.25, 0.3) is 5.91 Å². The molecule has 0 saturated carbocycles. The minimum atomic E-state index is -4.40. The Morgan fingerprint density at radius 3 is 2.82 bits per heavy atom. The molecule has 0 bridgehead atoms. The molecule has 2 N–H and O–H groups in total. The largest absolute Gasteiger partial charge is 0.392 e. The molecule has 2 aromatic heterocycles. The van der Waals surface area contributed by atoms with Crippen LogP contribution in [-0.4, -0.2) is 50.5 Å². The number of H-pyrrole nitrogens is 1. The zero-order valence-corrected chi connectivity index (χ0v) is 15.2. The standard InChI is InChI=1S/C18H20F3N5O2/c1-11(18(19,20)21)6-14(27)24-13-7-17(26-5-4-23-15(13)26)9-25(10-17)16(28)12-2-3-22-8-12/h2-5,8,11,13,22H,6-7,9-10H2,1H3,(H,24,27). The smallest absolute Gasteiger partial charge is 0.367 e. The van der Waals surface area contributed by atoms with Crippen molar-refractivity contribution in [2.24, 2.45) is 5.92 Å². The van der Waals surface area contributed by atoms with Gasteiger partial charge in [-0.1, -0.05) is 6.92 Å². The zero-order chi connectivity index (χ0) is 20.1. The number of halogens is 3. The van der Waals surface area contributed by atoms with Gasteiger partial charge in [-0.15, -0.1) is 0 Å². The van der Waals surface area contributed by atoms with E-state index in [1.165, 1.54) is 0 Å². The minimum Gasteiger partial charge on any atom is -0.367 e. The molecule has 2 amide bonds. The van der Waals surface area contributed by atoms with Gasteiger partial charge in [0.05, 0.1) is 23.1 Å². The molecule has 7 nitrogen and oxygen atoms in total. The minimum absolute atomic E-state index is 0.0833. The van der Waals surface area contributed by atoms with E-state index in [0.717, 1.165) is 6.92 Å². The van der Waals surface area contributed by atoms with Crippen LogP contribution in [0.25, 0.3) is 0 Å². The molecule has 2 atom stereocenters. The predicted molar refractivity (Wildman–Crippen MR) is 92.2 cm³/mol. The van der Waals surface area contributed by atoms with Crippen molar-refractivity contribution >= 4 is 11.8 Å². The molecule has 0 aliphatic carbocycles. The van der Waals surface area contributed by atoms with Crippen molar-refractivity contribution in [2.75, 3.05) is 13.1 Å². The van der Waals surface area contributed by atoms with Crippen molar-refractivity contribution in [2.45, 2.75) is 37.5 Å². The Balaban J connectivity index is 1.42. The zero-order valence-electron chi connectivity index (χ0n) is 15.2. The van der Waals surface area contributed by atoms with E-state index in [4.69, 9.17) is 0 Å². The van der Waals surface area contributed by atoms with E-state index in [9.17, 15) is 22.8 Å². The highest BCUT2D eigenvalue weighted by atomic mass is 19.4. The lowest BCUT2D eigenvalue weighted by atomic mass is 9.85. The Labute approximate surface area is 158 Å². The van der Waals surface area contributed by atoms with Crippen LogP contribution in [0.1, 0.15) is 42.0 Å². The lowest BCUT2D eigenvalue weighted by Crippen LogP contribution is -2.63. The van der Waals surface area contributed by atoms with E-state index in [0.29, 0.717) is 30.9 Å². The number of fused-ring (bicyclic) bond motifs is 2. The van der Waals surface area contributed by atoms with Crippen molar-refractivity contribution in [3.63, 3.8) is 0 Å². The molecule has 10 heteroatoms. The Bertz CT molecular complexity index is 883. The SMILES string of the molecule is CC(CC(=O)NC1CC2(CN(C(=O)c3cc[nH]c3)C2)n2ccnc21)C(F)(F)F. The number of aromatic amines is 1. The molecule has 150 valence electrons. The fourth-order valence-electron chi connectivity index (χ4n) is 4.03. The van der Waals surface area contributed by atoms with E-state index in [1.807, 2.05) is 4.57 Å². The van der Waals surface area contributed by atoms with Gasteiger partial charge in [0.15, 0.2) is 0 Å². The number of imidazole rings is 1. The number of rotatable bonds is 4. The number of hydrogen-bond acceptors (Lipinski definition) is 3. The van der Waals surface area contributed by atoms with E-state index in [1.54, 1.807) is 35.8 Å².